The summed E-state index contributed by atoms with van der Waals surface area (Å²) in [6.07, 6.45) is 4.23. The Kier molecular flexibility index (Phi) is 5.46. The first kappa shape index (κ1) is 20.5. The fraction of sp³-hybridized carbons (Fsp3) is 0.500. The molecular weight excluding hydrogens is 401 g/mol. The Morgan fingerprint density at radius 3 is 2.35 bits per heavy atom. The Morgan fingerprint density at radius 2 is 1.68 bits per heavy atom. The first-order valence-corrected chi connectivity index (χ1v) is 11.2. The molecule has 0 bridgehead atoms. The van der Waals surface area contributed by atoms with E-state index in [4.69, 9.17) is 0 Å². The van der Waals surface area contributed by atoms with Crippen molar-refractivity contribution in [2.75, 3.05) is 0 Å². The predicted molar refractivity (Wildman–Crippen MR) is 113 cm³/mol. The molecule has 2 aliphatic rings. The van der Waals surface area contributed by atoms with Crippen molar-refractivity contribution in [1.82, 2.24) is 19.9 Å². The number of pyridine rings is 1. The van der Waals surface area contributed by atoms with Crippen LogP contribution in [0.4, 0.5) is 13.2 Å². The van der Waals surface area contributed by atoms with E-state index in [-0.39, 0.29) is 23.8 Å². The maximum absolute atomic E-state index is 14.0. The summed E-state index contributed by atoms with van der Waals surface area (Å²) >= 11 is 0. The van der Waals surface area contributed by atoms with Crippen molar-refractivity contribution in [3.63, 3.8) is 0 Å². The van der Waals surface area contributed by atoms with Gasteiger partial charge in [0.15, 0.2) is 5.65 Å². The highest BCUT2D eigenvalue weighted by Gasteiger charge is 2.38. The molecule has 1 N–H and O–H groups in total. The van der Waals surface area contributed by atoms with Crippen molar-refractivity contribution < 1.29 is 13.2 Å². The van der Waals surface area contributed by atoms with Crippen LogP contribution >= 0.6 is 0 Å². The first-order chi connectivity index (χ1) is 15.0. The van der Waals surface area contributed by atoms with E-state index in [0.29, 0.717) is 24.1 Å². The molecule has 31 heavy (non-hydrogen) atoms. The predicted octanol–water partition coefficient (Wildman–Crippen LogP) is 5.52. The molecule has 0 spiro atoms. The molecule has 4 nitrogen and oxygen atoms in total. The van der Waals surface area contributed by atoms with Gasteiger partial charge < -0.3 is 5.32 Å². The zero-order valence-electron chi connectivity index (χ0n) is 17.4. The molecule has 1 aromatic carbocycles. The highest BCUT2D eigenvalue weighted by Crippen LogP contribution is 2.37. The van der Waals surface area contributed by atoms with Crippen LogP contribution in [0, 0.1) is 5.92 Å². The summed E-state index contributed by atoms with van der Waals surface area (Å²) < 4.78 is 43.4. The van der Waals surface area contributed by atoms with Gasteiger partial charge in [-0.15, -0.1) is 10.2 Å². The van der Waals surface area contributed by atoms with Crippen molar-refractivity contribution in [2.45, 2.75) is 69.6 Å². The molecule has 0 amide bonds. The van der Waals surface area contributed by atoms with Gasteiger partial charge in [-0.05, 0) is 67.6 Å². The summed E-state index contributed by atoms with van der Waals surface area (Å²) in [5.41, 5.74) is 0.875. The average molecular weight is 429 g/mol. The van der Waals surface area contributed by atoms with Crippen LogP contribution in [-0.2, 0) is 19.1 Å². The van der Waals surface area contributed by atoms with Gasteiger partial charge in [0.05, 0.1) is 0 Å². The lowest BCUT2D eigenvalue weighted by molar-refractivity contribution is -0.137. The average Bonchev–Trinajstić information content (AvgIpc) is 3.50. The maximum Gasteiger partial charge on any atom is 0.420 e. The minimum absolute atomic E-state index is 0.0739. The molecule has 2 aliphatic carbocycles. The van der Waals surface area contributed by atoms with Crippen LogP contribution < -0.4 is 5.32 Å². The van der Waals surface area contributed by atoms with Crippen LogP contribution in [0.2, 0.25) is 0 Å². The summed E-state index contributed by atoms with van der Waals surface area (Å²) in [6, 6.07) is 12.3. The highest BCUT2D eigenvalue weighted by atomic mass is 19.4. The number of hydrogen-bond donors (Lipinski definition) is 1. The second-order valence-corrected chi connectivity index (χ2v) is 9.01. The van der Waals surface area contributed by atoms with Gasteiger partial charge in [-0.2, -0.15) is 13.2 Å². The monoisotopic (exact) mass is 428 g/mol. The van der Waals surface area contributed by atoms with E-state index in [2.05, 4.69) is 39.8 Å². The van der Waals surface area contributed by atoms with Gasteiger partial charge in [-0.3, -0.25) is 4.40 Å². The minimum Gasteiger partial charge on any atom is -0.310 e. The number of fused-ring (bicyclic) bond motifs is 1. The molecule has 0 atom stereocenters. The quantitative estimate of drug-likeness (QED) is 0.562. The number of halogens is 3. The number of rotatable bonds is 6. The van der Waals surface area contributed by atoms with E-state index in [1.54, 1.807) is 12.3 Å². The SMILES string of the molecule is FC(F)(F)c1c(CN[C@H]2CC[C@H](c3ccccc3)CC2)ccn2c(CC3CC3)nnc12. The van der Waals surface area contributed by atoms with Gasteiger partial charge in [-0.25, -0.2) is 0 Å². The zero-order valence-corrected chi connectivity index (χ0v) is 17.4. The minimum atomic E-state index is -4.46. The molecule has 164 valence electrons. The van der Waals surface area contributed by atoms with Crippen molar-refractivity contribution in [2.24, 2.45) is 5.92 Å². The molecule has 0 unspecified atom stereocenters. The number of nitrogens with one attached hydrogen (secondary N) is 1. The molecule has 2 heterocycles. The fourth-order valence-electron chi connectivity index (χ4n) is 4.83. The van der Waals surface area contributed by atoms with Gasteiger partial charge in [0.1, 0.15) is 11.4 Å². The van der Waals surface area contributed by atoms with Crippen molar-refractivity contribution >= 4 is 5.65 Å². The number of hydrogen-bond acceptors (Lipinski definition) is 3. The van der Waals surface area contributed by atoms with E-state index >= 15 is 0 Å². The number of nitrogens with zero attached hydrogens (tertiary/aromatic N) is 3. The van der Waals surface area contributed by atoms with E-state index < -0.39 is 11.7 Å². The smallest absolute Gasteiger partial charge is 0.310 e. The topological polar surface area (TPSA) is 42.2 Å². The molecule has 2 fully saturated rings. The summed E-state index contributed by atoms with van der Waals surface area (Å²) in [4.78, 5) is 0. The lowest BCUT2D eigenvalue weighted by atomic mass is 9.82. The van der Waals surface area contributed by atoms with Crippen LogP contribution in [-0.4, -0.2) is 20.6 Å². The molecule has 2 saturated carbocycles. The fourth-order valence-corrected chi connectivity index (χ4v) is 4.83. The van der Waals surface area contributed by atoms with Crippen LogP contribution in [0.15, 0.2) is 42.6 Å². The lowest BCUT2D eigenvalue weighted by Crippen LogP contribution is -2.33. The normalized spacial score (nSPS) is 22.2. The van der Waals surface area contributed by atoms with Gasteiger partial charge in [0.25, 0.3) is 0 Å². The van der Waals surface area contributed by atoms with Crippen molar-refractivity contribution in [3.05, 3.63) is 65.1 Å². The highest BCUT2D eigenvalue weighted by molar-refractivity contribution is 5.53. The van der Waals surface area contributed by atoms with Crippen LogP contribution in [0.25, 0.3) is 5.65 Å². The van der Waals surface area contributed by atoms with Gasteiger partial charge in [0.2, 0.25) is 0 Å². The van der Waals surface area contributed by atoms with E-state index in [9.17, 15) is 13.2 Å². The Hall–Kier alpha value is -2.41. The number of aromatic nitrogens is 3. The summed E-state index contributed by atoms with van der Waals surface area (Å²) in [5.74, 6) is 1.71. The van der Waals surface area contributed by atoms with Crippen LogP contribution in [0.3, 0.4) is 0 Å². The molecule has 5 rings (SSSR count). The summed E-state index contributed by atoms with van der Waals surface area (Å²) in [7, 11) is 0. The van der Waals surface area contributed by atoms with Crippen LogP contribution in [0.1, 0.15) is 67.0 Å². The lowest BCUT2D eigenvalue weighted by Gasteiger charge is -2.30. The van der Waals surface area contributed by atoms with E-state index in [1.807, 2.05) is 6.07 Å². The zero-order chi connectivity index (χ0) is 21.4. The number of alkyl halides is 3. The van der Waals surface area contributed by atoms with Crippen molar-refractivity contribution in [3.8, 4) is 0 Å². The Balaban J connectivity index is 1.29. The molecule has 0 aliphatic heterocycles. The van der Waals surface area contributed by atoms with Crippen molar-refractivity contribution in [1.29, 1.82) is 0 Å². The molecule has 2 aromatic heterocycles. The third kappa shape index (κ3) is 4.47. The second kappa shape index (κ2) is 8.26. The van der Waals surface area contributed by atoms with E-state index in [1.165, 1.54) is 9.96 Å². The Labute approximate surface area is 179 Å². The Morgan fingerprint density at radius 1 is 0.935 bits per heavy atom. The molecule has 0 saturated heterocycles. The second-order valence-electron chi connectivity index (χ2n) is 9.01. The van der Waals surface area contributed by atoms with Gasteiger partial charge in [0, 0.05) is 25.2 Å². The first-order valence-electron chi connectivity index (χ1n) is 11.2. The molecule has 0 radical (unpaired) electrons. The molecule has 7 heteroatoms. The Bertz CT molecular complexity index is 1030. The third-order valence-electron chi connectivity index (χ3n) is 6.77. The van der Waals surface area contributed by atoms with Crippen LogP contribution in [0.5, 0.6) is 0 Å². The number of benzene rings is 1. The summed E-state index contributed by atoms with van der Waals surface area (Å²) in [5, 5.41) is 11.4. The largest absolute Gasteiger partial charge is 0.420 e. The molecular formula is C24H27F3N4. The summed E-state index contributed by atoms with van der Waals surface area (Å²) in [6.45, 7) is 0.191. The van der Waals surface area contributed by atoms with Gasteiger partial charge >= 0.3 is 6.18 Å². The van der Waals surface area contributed by atoms with Gasteiger partial charge in [-0.1, -0.05) is 30.3 Å². The standard InChI is InChI=1S/C24H27F3N4/c25-24(26,27)22-19(12-13-31-21(14-16-6-7-16)29-30-23(22)31)15-28-20-10-8-18(9-11-20)17-4-2-1-3-5-17/h1-5,12-13,16,18,20,28H,6-11,14-15H2/t18-,20-. The maximum atomic E-state index is 14.0. The van der Waals surface area contributed by atoms with E-state index in [0.717, 1.165) is 38.5 Å². The molecule has 3 aromatic rings. The third-order valence-corrected chi connectivity index (χ3v) is 6.77.